The Morgan fingerprint density at radius 1 is 1.35 bits per heavy atom. The van der Waals surface area contributed by atoms with Crippen LogP contribution >= 0.6 is 15.9 Å². The fourth-order valence-electron chi connectivity index (χ4n) is 2.67. The van der Waals surface area contributed by atoms with Gasteiger partial charge in [-0.05, 0) is 62.6 Å². The number of hydrogen-bond acceptors (Lipinski definition) is 2. The standard InChI is InChI=1S/C13H22BrN3/c1-10-13(14)11(2)17(15-10)9-7-12-6-4-5-8-16(12)3/h12H,4-9H2,1-3H3. The third-order valence-electron chi connectivity index (χ3n) is 3.89. The van der Waals surface area contributed by atoms with Crippen LogP contribution in [0.4, 0.5) is 0 Å². The smallest absolute Gasteiger partial charge is 0.0738 e. The minimum Gasteiger partial charge on any atom is -0.303 e. The average Bonchev–Trinajstić information content (AvgIpc) is 2.56. The molecule has 1 saturated heterocycles. The molecule has 1 aromatic rings. The second-order valence-corrected chi connectivity index (χ2v) is 5.92. The Hall–Kier alpha value is -0.350. The summed E-state index contributed by atoms with van der Waals surface area (Å²) in [7, 11) is 2.25. The summed E-state index contributed by atoms with van der Waals surface area (Å²) in [6.07, 6.45) is 5.30. The van der Waals surface area contributed by atoms with Crippen LogP contribution in [0.25, 0.3) is 0 Å². The molecule has 0 radical (unpaired) electrons. The van der Waals surface area contributed by atoms with Gasteiger partial charge in [0.25, 0.3) is 0 Å². The number of rotatable bonds is 3. The Labute approximate surface area is 112 Å². The van der Waals surface area contributed by atoms with Crippen molar-refractivity contribution in [2.24, 2.45) is 0 Å². The molecular weight excluding hydrogens is 278 g/mol. The maximum absolute atomic E-state index is 4.57. The molecule has 0 saturated carbocycles. The molecule has 3 nitrogen and oxygen atoms in total. The van der Waals surface area contributed by atoms with Crippen molar-refractivity contribution in [1.29, 1.82) is 0 Å². The van der Waals surface area contributed by atoms with Crippen LogP contribution in [-0.2, 0) is 6.54 Å². The summed E-state index contributed by atoms with van der Waals surface area (Å²) < 4.78 is 3.30. The van der Waals surface area contributed by atoms with Crippen molar-refractivity contribution in [3.05, 3.63) is 15.9 Å². The van der Waals surface area contributed by atoms with E-state index in [0.717, 1.165) is 22.8 Å². The molecule has 2 rings (SSSR count). The van der Waals surface area contributed by atoms with Crippen LogP contribution in [0.1, 0.15) is 37.1 Å². The Bertz CT molecular complexity index is 386. The van der Waals surface area contributed by atoms with Crippen LogP contribution in [-0.4, -0.2) is 34.3 Å². The monoisotopic (exact) mass is 299 g/mol. The molecule has 1 aromatic heterocycles. The number of likely N-dealkylation sites (tertiary alicyclic amines) is 1. The van der Waals surface area contributed by atoms with Crippen LogP contribution in [0.15, 0.2) is 4.47 Å². The zero-order chi connectivity index (χ0) is 12.4. The van der Waals surface area contributed by atoms with E-state index < -0.39 is 0 Å². The summed E-state index contributed by atoms with van der Waals surface area (Å²) in [6.45, 7) is 6.48. The van der Waals surface area contributed by atoms with Gasteiger partial charge >= 0.3 is 0 Å². The Kier molecular flexibility index (Phi) is 4.26. The van der Waals surface area contributed by atoms with Gasteiger partial charge in [-0.2, -0.15) is 5.10 Å². The van der Waals surface area contributed by atoms with Crippen LogP contribution in [0, 0.1) is 13.8 Å². The van der Waals surface area contributed by atoms with E-state index in [0.29, 0.717) is 0 Å². The molecule has 1 unspecified atom stereocenters. The van der Waals surface area contributed by atoms with E-state index in [1.807, 2.05) is 0 Å². The lowest BCUT2D eigenvalue weighted by Gasteiger charge is -2.32. The number of aryl methyl sites for hydroxylation is 2. The van der Waals surface area contributed by atoms with E-state index >= 15 is 0 Å². The van der Waals surface area contributed by atoms with Gasteiger partial charge in [-0.1, -0.05) is 6.42 Å². The zero-order valence-corrected chi connectivity index (χ0v) is 12.6. The molecule has 17 heavy (non-hydrogen) atoms. The van der Waals surface area contributed by atoms with Gasteiger partial charge in [0.2, 0.25) is 0 Å². The molecule has 0 amide bonds. The lowest BCUT2D eigenvalue weighted by atomic mass is 10.0. The first-order valence-corrected chi connectivity index (χ1v) is 7.28. The highest BCUT2D eigenvalue weighted by molar-refractivity contribution is 9.10. The summed E-state index contributed by atoms with van der Waals surface area (Å²) in [5.41, 5.74) is 2.35. The zero-order valence-electron chi connectivity index (χ0n) is 11.0. The van der Waals surface area contributed by atoms with Crippen LogP contribution < -0.4 is 0 Å². The van der Waals surface area contributed by atoms with Crippen LogP contribution in [0.5, 0.6) is 0 Å². The Morgan fingerprint density at radius 2 is 2.12 bits per heavy atom. The Morgan fingerprint density at radius 3 is 2.71 bits per heavy atom. The number of halogens is 1. The van der Waals surface area contributed by atoms with Crippen LogP contribution in [0.2, 0.25) is 0 Å². The van der Waals surface area contributed by atoms with E-state index in [9.17, 15) is 0 Å². The lowest BCUT2D eigenvalue weighted by molar-refractivity contribution is 0.169. The van der Waals surface area contributed by atoms with Crippen molar-refractivity contribution in [3.63, 3.8) is 0 Å². The van der Waals surface area contributed by atoms with Crippen molar-refractivity contribution >= 4 is 15.9 Å². The van der Waals surface area contributed by atoms with Gasteiger partial charge in [-0.15, -0.1) is 0 Å². The predicted molar refractivity (Wildman–Crippen MR) is 74.3 cm³/mol. The van der Waals surface area contributed by atoms with E-state index in [1.165, 1.54) is 37.9 Å². The highest BCUT2D eigenvalue weighted by atomic mass is 79.9. The predicted octanol–water partition coefficient (Wildman–Crippen LogP) is 3.14. The van der Waals surface area contributed by atoms with Gasteiger partial charge in [-0.25, -0.2) is 0 Å². The average molecular weight is 300 g/mol. The molecular formula is C13H22BrN3. The quantitative estimate of drug-likeness (QED) is 0.855. The van der Waals surface area contributed by atoms with E-state index in [1.54, 1.807) is 0 Å². The second kappa shape index (κ2) is 5.53. The summed E-state index contributed by atoms with van der Waals surface area (Å²) in [5.74, 6) is 0. The van der Waals surface area contributed by atoms with Crippen molar-refractivity contribution in [2.45, 2.75) is 52.1 Å². The molecule has 96 valence electrons. The van der Waals surface area contributed by atoms with Gasteiger partial charge in [0, 0.05) is 18.3 Å². The van der Waals surface area contributed by atoms with Crippen molar-refractivity contribution in [1.82, 2.24) is 14.7 Å². The van der Waals surface area contributed by atoms with Crippen molar-refractivity contribution in [3.8, 4) is 0 Å². The van der Waals surface area contributed by atoms with Gasteiger partial charge < -0.3 is 4.90 Å². The van der Waals surface area contributed by atoms with Crippen LogP contribution in [0.3, 0.4) is 0 Å². The molecule has 0 aromatic carbocycles. The molecule has 1 aliphatic rings. The summed E-state index contributed by atoms with van der Waals surface area (Å²) in [4.78, 5) is 2.50. The van der Waals surface area contributed by atoms with Gasteiger partial charge in [0.15, 0.2) is 0 Å². The number of hydrogen-bond donors (Lipinski definition) is 0. The lowest BCUT2D eigenvalue weighted by Crippen LogP contribution is -2.36. The normalized spacial score (nSPS) is 22.0. The molecule has 0 bridgehead atoms. The van der Waals surface area contributed by atoms with E-state index in [4.69, 9.17) is 0 Å². The molecule has 0 aliphatic carbocycles. The maximum Gasteiger partial charge on any atom is 0.0738 e. The molecule has 0 N–H and O–H groups in total. The van der Waals surface area contributed by atoms with E-state index in [-0.39, 0.29) is 0 Å². The highest BCUT2D eigenvalue weighted by Gasteiger charge is 2.19. The first kappa shape index (κ1) is 13.1. The number of piperidine rings is 1. The largest absolute Gasteiger partial charge is 0.303 e. The fourth-order valence-corrected chi connectivity index (χ4v) is 2.96. The summed E-state index contributed by atoms with van der Waals surface area (Å²) in [5, 5.41) is 4.57. The minimum atomic E-state index is 0.742. The topological polar surface area (TPSA) is 21.1 Å². The maximum atomic E-state index is 4.57. The SMILES string of the molecule is Cc1nn(CCC2CCCCN2C)c(C)c1Br. The summed E-state index contributed by atoms with van der Waals surface area (Å²) in [6, 6.07) is 0.742. The molecule has 0 spiro atoms. The third-order valence-corrected chi connectivity index (χ3v) is 5.04. The second-order valence-electron chi connectivity index (χ2n) is 5.13. The first-order valence-electron chi connectivity index (χ1n) is 6.49. The molecule has 1 fully saturated rings. The van der Waals surface area contributed by atoms with Gasteiger partial charge in [0.05, 0.1) is 10.2 Å². The number of aromatic nitrogens is 2. The highest BCUT2D eigenvalue weighted by Crippen LogP contribution is 2.22. The fraction of sp³-hybridized carbons (Fsp3) is 0.769. The van der Waals surface area contributed by atoms with Gasteiger partial charge in [-0.3, -0.25) is 4.68 Å². The molecule has 1 aliphatic heterocycles. The first-order chi connectivity index (χ1) is 8.09. The van der Waals surface area contributed by atoms with Gasteiger partial charge in [0.1, 0.15) is 0 Å². The van der Waals surface area contributed by atoms with E-state index in [2.05, 4.69) is 51.5 Å². The molecule has 2 heterocycles. The summed E-state index contributed by atoms with van der Waals surface area (Å²) >= 11 is 3.58. The third kappa shape index (κ3) is 2.91. The molecule has 1 atom stereocenters. The van der Waals surface area contributed by atoms with Crippen molar-refractivity contribution < 1.29 is 0 Å². The number of nitrogens with zero attached hydrogens (tertiary/aromatic N) is 3. The minimum absolute atomic E-state index is 0.742. The van der Waals surface area contributed by atoms with Crippen molar-refractivity contribution in [2.75, 3.05) is 13.6 Å². The molecule has 4 heteroatoms. The Balaban J connectivity index is 1.95.